The van der Waals surface area contributed by atoms with Gasteiger partial charge in [0, 0.05) is 16.3 Å². The molecule has 2 aromatic carbocycles. The van der Waals surface area contributed by atoms with Crippen LogP contribution in [-0.2, 0) is 6.18 Å². The number of halogens is 3. The van der Waals surface area contributed by atoms with Gasteiger partial charge in [-0.05, 0) is 31.0 Å². The lowest BCUT2D eigenvalue weighted by Gasteiger charge is -2.23. The van der Waals surface area contributed by atoms with Gasteiger partial charge in [-0.25, -0.2) is 0 Å². The summed E-state index contributed by atoms with van der Waals surface area (Å²) in [6.07, 6.45) is -0.411. The molecule has 3 N–H and O–H groups in total. The van der Waals surface area contributed by atoms with E-state index in [1.807, 2.05) is 12.1 Å². The number of nitrogens with zero attached hydrogens (tertiary/aromatic N) is 2. The highest BCUT2D eigenvalue weighted by Gasteiger charge is 2.31. The first-order valence-corrected chi connectivity index (χ1v) is 9.95. The summed E-state index contributed by atoms with van der Waals surface area (Å²) in [5.74, 6) is -0.00382. The summed E-state index contributed by atoms with van der Waals surface area (Å²) >= 11 is 0. The van der Waals surface area contributed by atoms with Crippen molar-refractivity contribution in [2.75, 3.05) is 5.32 Å². The monoisotopic (exact) mass is 417 g/mol. The van der Waals surface area contributed by atoms with E-state index < -0.39 is 23.6 Å². The Labute approximate surface area is 171 Å². The van der Waals surface area contributed by atoms with Gasteiger partial charge in [0.15, 0.2) is 5.82 Å². The third-order valence-electron chi connectivity index (χ3n) is 5.57. The first kappa shape index (κ1) is 20.4. The average molecular weight is 417 g/mol. The second-order valence-corrected chi connectivity index (χ2v) is 7.63. The van der Waals surface area contributed by atoms with Gasteiger partial charge >= 0.3 is 6.18 Å². The number of fused-ring (bicyclic) bond motifs is 1. The SMILES string of the molecule is Oc1cc(C(F)(F)F)ccc1-c1nnc(N[C@H]2CCCCC[C@@H]2O)c2ccccc12. The zero-order valence-electron chi connectivity index (χ0n) is 16.2. The van der Waals surface area contributed by atoms with Crippen molar-refractivity contribution in [1.82, 2.24) is 10.2 Å². The van der Waals surface area contributed by atoms with E-state index in [-0.39, 0.29) is 11.6 Å². The number of anilines is 1. The minimum Gasteiger partial charge on any atom is -0.507 e. The maximum Gasteiger partial charge on any atom is 0.416 e. The molecule has 1 heterocycles. The van der Waals surface area contributed by atoms with Crippen LogP contribution in [0.5, 0.6) is 5.75 Å². The van der Waals surface area contributed by atoms with E-state index in [1.165, 1.54) is 6.07 Å². The summed E-state index contributed by atoms with van der Waals surface area (Å²) in [4.78, 5) is 0. The van der Waals surface area contributed by atoms with Crippen molar-refractivity contribution >= 4 is 16.6 Å². The predicted octanol–water partition coefficient (Wildman–Crippen LogP) is 5.13. The van der Waals surface area contributed by atoms with E-state index in [9.17, 15) is 23.4 Å². The summed E-state index contributed by atoms with van der Waals surface area (Å²) in [5, 5.41) is 33.8. The highest BCUT2D eigenvalue weighted by atomic mass is 19.4. The zero-order valence-corrected chi connectivity index (χ0v) is 16.2. The second-order valence-electron chi connectivity index (χ2n) is 7.63. The smallest absolute Gasteiger partial charge is 0.416 e. The number of alkyl halides is 3. The molecule has 0 unspecified atom stereocenters. The lowest BCUT2D eigenvalue weighted by molar-refractivity contribution is -0.137. The molecule has 0 saturated heterocycles. The number of nitrogens with one attached hydrogen (secondary N) is 1. The molecule has 0 radical (unpaired) electrons. The lowest BCUT2D eigenvalue weighted by atomic mass is 10.0. The van der Waals surface area contributed by atoms with Crippen molar-refractivity contribution in [3.05, 3.63) is 48.0 Å². The number of rotatable bonds is 3. The highest BCUT2D eigenvalue weighted by Crippen LogP contribution is 2.39. The predicted molar refractivity (Wildman–Crippen MR) is 108 cm³/mol. The lowest BCUT2D eigenvalue weighted by Crippen LogP contribution is -2.33. The first-order chi connectivity index (χ1) is 14.3. The molecule has 1 aliphatic carbocycles. The molecule has 1 aromatic heterocycles. The van der Waals surface area contributed by atoms with E-state index in [1.54, 1.807) is 12.1 Å². The molecule has 2 atom stereocenters. The quantitative estimate of drug-likeness (QED) is 0.515. The fraction of sp³-hybridized carbons (Fsp3) is 0.364. The van der Waals surface area contributed by atoms with Gasteiger partial charge in [-0.15, -0.1) is 10.2 Å². The summed E-state index contributed by atoms with van der Waals surface area (Å²) in [6.45, 7) is 0. The fourth-order valence-electron chi connectivity index (χ4n) is 3.95. The van der Waals surface area contributed by atoms with Gasteiger partial charge in [0.05, 0.1) is 17.7 Å². The van der Waals surface area contributed by atoms with Gasteiger partial charge in [-0.2, -0.15) is 13.2 Å². The van der Waals surface area contributed by atoms with Crippen LogP contribution < -0.4 is 5.32 Å². The van der Waals surface area contributed by atoms with E-state index in [4.69, 9.17) is 0 Å². The molecular formula is C22H22F3N3O2. The Kier molecular flexibility index (Phi) is 5.51. The van der Waals surface area contributed by atoms with E-state index >= 15 is 0 Å². The van der Waals surface area contributed by atoms with Crippen molar-refractivity contribution in [3.8, 4) is 17.0 Å². The molecule has 3 aromatic rings. The third kappa shape index (κ3) is 4.05. The zero-order chi connectivity index (χ0) is 21.3. The van der Waals surface area contributed by atoms with Gasteiger partial charge in [0.2, 0.25) is 0 Å². The Morgan fingerprint density at radius 2 is 1.67 bits per heavy atom. The molecule has 0 spiro atoms. The van der Waals surface area contributed by atoms with Gasteiger partial charge < -0.3 is 15.5 Å². The van der Waals surface area contributed by atoms with E-state index in [2.05, 4.69) is 15.5 Å². The Bertz CT molecular complexity index is 1060. The number of aromatic hydroxyl groups is 1. The van der Waals surface area contributed by atoms with Crippen molar-refractivity contribution in [2.24, 2.45) is 0 Å². The molecule has 8 heteroatoms. The van der Waals surface area contributed by atoms with Crippen molar-refractivity contribution in [3.63, 3.8) is 0 Å². The molecule has 0 amide bonds. The minimum absolute atomic E-state index is 0.143. The molecule has 30 heavy (non-hydrogen) atoms. The Balaban J connectivity index is 1.74. The number of aliphatic hydroxyl groups is 1. The van der Waals surface area contributed by atoms with Crippen LogP contribution in [0.1, 0.15) is 37.7 Å². The largest absolute Gasteiger partial charge is 0.507 e. The number of benzene rings is 2. The second kappa shape index (κ2) is 8.10. The van der Waals surface area contributed by atoms with Gasteiger partial charge in [0.25, 0.3) is 0 Å². The number of hydrogen-bond acceptors (Lipinski definition) is 5. The van der Waals surface area contributed by atoms with E-state index in [0.29, 0.717) is 23.0 Å². The van der Waals surface area contributed by atoms with Crippen LogP contribution in [0.25, 0.3) is 22.0 Å². The number of aliphatic hydroxyl groups excluding tert-OH is 1. The molecule has 1 aliphatic rings. The van der Waals surface area contributed by atoms with Gasteiger partial charge in [0.1, 0.15) is 11.4 Å². The Morgan fingerprint density at radius 1 is 0.933 bits per heavy atom. The van der Waals surface area contributed by atoms with Crippen LogP contribution in [-0.4, -0.2) is 32.6 Å². The fourth-order valence-corrected chi connectivity index (χ4v) is 3.95. The normalized spacial score (nSPS) is 20.1. The number of phenolic OH excluding ortho intramolecular Hbond substituents is 1. The topological polar surface area (TPSA) is 78.3 Å². The van der Waals surface area contributed by atoms with Gasteiger partial charge in [-0.1, -0.05) is 43.5 Å². The van der Waals surface area contributed by atoms with E-state index in [0.717, 1.165) is 43.6 Å². The summed E-state index contributed by atoms with van der Waals surface area (Å²) in [5.41, 5.74) is -0.460. The molecular weight excluding hydrogens is 395 g/mol. The van der Waals surface area contributed by atoms with Crippen LogP contribution in [0.3, 0.4) is 0 Å². The number of aromatic nitrogens is 2. The van der Waals surface area contributed by atoms with Crippen LogP contribution in [0.15, 0.2) is 42.5 Å². The number of phenols is 1. The number of hydrogen-bond donors (Lipinski definition) is 3. The third-order valence-corrected chi connectivity index (χ3v) is 5.57. The standard InChI is InChI=1S/C22H22F3N3O2/c23-22(24,25)13-10-11-16(19(30)12-13)20-14-6-4-5-7-15(14)21(28-27-20)26-17-8-2-1-3-9-18(17)29/h4-7,10-12,17-18,29-30H,1-3,8-9H2,(H,26,28)/t17-,18-/m0/s1. The minimum atomic E-state index is -4.54. The Hall–Kier alpha value is -2.87. The van der Waals surface area contributed by atoms with Crippen molar-refractivity contribution in [1.29, 1.82) is 0 Å². The maximum atomic E-state index is 12.9. The molecule has 0 bridgehead atoms. The van der Waals surface area contributed by atoms with Gasteiger partial charge in [-0.3, -0.25) is 0 Å². The van der Waals surface area contributed by atoms with Crippen LogP contribution in [0.2, 0.25) is 0 Å². The summed E-state index contributed by atoms with van der Waals surface area (Å²) < 4.78 is 38.8. The molecule has 1 saturated carbocycles. The van der Waals surface area contributed by atoms with Crippen LogP contribution in [0.4, 0.5) is 19.0 Å². The van der Waals surface area contributed by atoms with Crippen LogP contribution >= 0.6 is 0 Å². The average Bonchev–Trinajstić information content (AvgIpc) is 2.92. The molecule has 4 rings (SSSR count). The van der Waals surface area contributed by atoms with Crippen molar-refractivity contribution < 1.29 is 23.4 Å². The summed E-state index contributed by atoms with van der Waals surface area (Å²) in [7, 11) is 0. The first-order valence-electron chi connectivity index (χ1n) is 9.95. The van der Waals surface area contributed by atoms with Crippen LogP contribution in [0, 0.1) is 0 Å². The molecule has 158 valence electrons. The Morgan fingerprint density at radius 3 is 2.40 bits per heavy atom. The maximum absolute atomic E-state index is 12.9. The molecule has 0 aliphatic heterocycles. The summed E-state index contributed by atoms with van der Waals surface area (Å²) in [6, 6.07) is 9.91. The molecule has 1 fully saturated rings. The highest BCUT2D eigenvalue weighted by molar-refractivity contribution is 6.00. The van der Waals surface area contributed by atoms with Crippen molar-refractivity contribution in [2.45, 2.75) is 50.4 Å². The molecule has 5 nitrogen and oxygen atoms in total.